The highest BCUT2D eigenvalue weighted by Gasteiger charge is 2.40. The summed E-state index contributed by atoms with van der Waals surface area (Å²) in [5, 5.41) is 3.10. The molecule has 2 fully saturated rings. The molecular weight excluding hydrogens is 480 g/mol. The molecule has 31 heavy (non-hydrogen) atoms. The fraction of sp³-hybridized carbons (Fsp3) is 0.435. The van der Waals surface area contributed by atoms with Crippen LogP contribution in [0.3, 0.4) is 0 Å². The Bertz CT molecular complexity index is 1070. The number of ether oxygens (including phenoxy) is 1. The second-order valence-corrected chi connectivity index (χ2v) is 11.2. The summed E-state index contributed by atoms with van der Waals surface area (Å²) in [5.41, 5.74) is 1.47. The van der Waals surface area contributed by atoms with Gasteiger partial charge in [-0.2, -0.15) is 0 Å². The van der Waals surface area contributed by atoms with Gasteiger partial charge in [0.15, 0.2) is 0 Å². The van der Waals surface area contributed by atoms with E-state index in [1.54, 1.807) is 18.2 Å². The van der Waals surface area contributed by atoms with Crippen LogP contribution in [0.5, 0.6) is 5.75 Å². The Hall–Kier alpha value is -2.06. The van der Waals surface area contributed by atoms with Crippen molar-refractivity contribution in [3.8, 4) is 5.75 Å². The van der Waals surface area contributed by atoms with Gasteiger partial charge in [0.05, 0.1) is 22.2 Å². The molecule has 2 saturated carbocycles. The molecule has 1 amide bonds. The quantitative estimate of drug-likeness (QED) is 0.608. The van der Waals surface area contributed by atoms with E-state index in [0.29, 0.717) is 27.7 Å². The molecule has 3 atom stereocenters. The summed E-state index contributed by atoms with van der Waals surface area (Å²) in [6.45, 7) is 1.67. The van der Waals surface area contributed by atoms with Crippen LogP contribution >= 0.6 is 15.9 Å². The van der Waals surface area contributed by atoms with Gasteiger partial charge in [0.25, 0.3) is 10.0 Å². The summed E-state index contributed by atoms with van der Waals surface area (Å²) in [5.74, 6) is 1.49. The number of nitrogens with one attached hydrogen (secondary N) is 1. The molecule has 8 heteroatoms. The van der Waals surface area contributed by atoms with E-state index >= 15 is 0 Å². The minimum Gasteiger partial charge on any atom is -0.496 e. The number of fused-ring (bicyclic) bond motifs is 2. The van der Waals surface area contributed by atoms with E-state index in [2.05, 4.69) is 21.2 Å². The topological polar surface area (TPSA) is 75.7 Å². The van der Waals surface area contributed by atoms with Crippen molar-refractivity contribution < 1.29 is 17.9 Å². The van der Waals surface area contributed by atoms with E-state index in [-0.39, 0.29) is 23.4 Å². The number of rotatable bonds is 7. The highest BCUT2D eigenvalue weighted by Crippen LogP contribution is 2.44. The van der Waals surface area contributed by atoms with Gasteiger partial charge < -0.3 is 10.1 Å². The predicted molar refractivity (Wildman–Crippen MR) is 124 cm³/mol. The highest BCUT2D eigenvalue weighted by molar-refractivity contribution is 9.10. The molecule has 2 bridgehead atoms. The number of hydrogen-bond donors (Lipinski definition) is 1. The first-order valence-corrected chi connectivity index (χ1v) is 12.7. The van der Waals surface area contributed by atoms with Gasteiger partial charge in [-0.05, 0) is 84.3 Å². The summed E-state index contributed by atoms with van der Waals surface area (Å²) >= 11 is 3.36. The van der Waals surface area contributed by atoms with Gasteiger partial charge in [-0.25, -0.2) is 8.42 Å². The second-order valence-electron chi connectivity index (χ2n) is 8.49. The van der Waals surface area contributed by atoms with Crippen LogP contribution in [-0.4, -0.2) is 34.0 Å². The molecule has 2 aliphatic rings. The van der Waals surface area contributed by atoms with Crippen LogP contribution in [0.2, 0.25) is 0 Å². The van der Waals surface area contributed by atoms with Crippen LogP contribution in [0.15, 0.2) is 51.8 Å². The molecule has 166 valence electrons. The first-order valence-electron chi connectivity index (χ1n) is 10.5. The van der Waals surface area contributed by atoms with Gasteiger partial charge in [0, 0.05) is 6.04 Å². The highest BCUT2D eigenvalue weighted by atomic mass is 79.9. The van der Waals surface area contributed by atoms with Crippen molar-refractivity contribution in [2.24, 2.45) is 11.8 Å². The molecule has 2 aromatic carbocycles. The van der Waals surface area contributed by atoms with Crippen LogP contribution in [0, 0.1) is 18.8 Å². The minimum absolute atomic E-state index is 0.0912. The zero-order valence-electron chi connectivity index (χ0n) is 17.7. The number of anilines is 1. The normalized spacial score (nSPS) is 22.4. The maximum atomic E-state index is 13.6. The van der Waals surface area contributed by atoms with Crippen LogP contribution in [0.25, 0.3) is 0 Å². The number of carbonyl (C=O) groups is 1. The molecule has 2 aliphatic carbocycles. The van der Waals surface area contributed by atoms with Crippen molar-refractivity contribution in [2.45, 2.75) is 43.5 Å². The fourth-order valence-corrected chi connectivity index (χ4v) is 6.91. The number of sulfonamides is 1. The van der Waals surface area contributed by atoms with Gasteiger partial charge in [0.1, 0.15) is 12.3 Å². The Kier molecular flexibility index (Phi) is 6.30. The first-order chi connectivity index (χ1) is 14.8. The van der Waals surface area contributed by atoms with Crippen LogP contribution in [-0.2, 0) is 14.8 Å². The summed E-state index contributed by atoms with van der Waals surface area (Å²) < 4.78 is 34.0. The van der Waals surface area contributed by atoms with Gasteiger partial charge in [0.2, 0.25) is 5.91 Å². The molecule has 6 nitrogen and oxygen atoms in total. The molecule has 0 radical (unpaired) electrons. The van der Waals surface area contributed by atoms with Crippen molar-refractivity contribution in [1.82, 2.24) is 5.32 Å². The van der Waals surface area contributed by atoms with E-state index in [4.69, 9.17) is 4.74 Å². The third-order valence-corrected chi connectivity index (χ3v) is 8.79. The zero-order valence-corrected chi connectivity index (χ0v) is 20.1. The Balaban J connectivity index is 1.61. The van der Waals surface area contributed by atoms with Crippen molar-refractivity contribution in [3.05, 3.63) is 52.5 Å². The lowest BCUT2D eigenvalue weighted by atomic mass is 9.95. The SMILES string of the molecule is COc1ccc(S(=O)(=O)N(CC(=O)N[C@@H]2C[C@H]3CC[C@H]2C3)c2ccc(C)cc2)cc1Br. The third kappa shape index (κ3) is 4.60. The van der Waals surface area contributed by atoms with Gasteiger partial charge in [-0.3, -0.25) is 9.10 Å². The van der Waals surface area contributed by atoms with Crippen LogP contribution in [0.1, 0.15) is 31.2 Å². The summed E-state index contributed by atoms with van der Waals surface area (Å²) in [4.78, 5) is 13.0. The Morgan fingerprint density at radius 2 is 1.90 bits per heavy atom. The smallest absolute Gasteiger partial charge is 0.264 e. The Labute approximate surface area is 192 Å². The molecule has 2 aromatic rings. The number of methoxy groups -OCH3 is 1. The number of nitrogens with zero attached hydrogens (tertiary/aromatic N) is 1. The Morgan fingerprint density at radius 3 is 2.48 bits per heavy atom. The third-order valence-electron chi connectivity index (χ3n) is 6.40. The number of aryl methyl sites for hydroxylation is 1. The maximum Gasteiger partial charge on any atom is 0.264 e. The molecule has 0 spiro atoms. The number of halogens is 1. The van der Waals surface area contributed by atoms with Gasteiger partial charge in [-0.15, -0.1) is 0 Å². The Morgan fingerprint density at radius 1 is 1.16 bits per heavy atom. The number of carbonyl (C=O) groups excluding carboxylic acids is 1. The van der Waals surface area contributed by atoms with Crippen molar-refractivity contribution in [3.63, 3.8) is 0 Å². The lowest BCUT2D eigenvalue weighted by molar-refractivity contribution is -0.120. The molecular formula is C23H27BrN2O4S. The average Bonchev–Trinajstić information content (AvgIpc) is 3.36. The van der Waals surface area contributed by atoms with Crippen LogP contribution < -0.4 is 14.4 Å². The van der Waals surface area contributed by atoms with Gasteiger partial charge >= 0.3 is 0 Å². The van der Waals surface area contributed by atoms with E-state index in [9.17, 15) is 13.2 Å². The summed E-state index contributed by atoms with van der Waals surface area (Å²) in [7, 11) is -2.45. The average molecular weight is 507 g/mol. The van der Waals surface area contributed by atoms with E-state index in [1.807, 2.05) is 19.1 Å². The monoisotopic (exact) mass is 506 g/mol. The van der Waals surface area contributed by atoms with E-state index in [0.717, 1.165) is 18.4 Å². The fourth-order valence-electron chi connectivity index (χ4n) is 4.77. The largest absolute Gasteiger partial charge is 0.496 e. The van der Waals surface area contributed by atoms with Crippen LogP contribution in [0.4, 0.5) is 5.69 Å². The standard InChI is InChI=1S/C23H27BrN2O4S/c1-15-3-7-18(8-4-15)26(14-23(27)25-21-12-16-5-6-17(21)11-16)31(28,29)19-9-10-22(30-2)20(24)13-19/h3-4,7-10,13,16-17,21H,5-6,11-12,14H2,1-2H3,(H,25,27)/t16-,17-,21+/m0/s1. The predicted octanol–water partition coefficient (Wildman–Crippen LogP) is 4.27. The first kappa shape index (κ1) is 22.1. The molecule has 0 saturated heterocycles. The molecule has 0 aliphatic heterocycles. The molecule has 4 rings (SSSR count). The zero-order chi connectivity index (χ0) is 22.2. The minimum atomic E-state index is -3.97. The number of amides is 1. The van der Waals surface area contributed by atoms with Crippen molar-refractivity contribution in [2.75, 3.05) is 18.0 Å². The van der Waals surface area contributed by atoms with E-state index < -0.39 is 10.0 Å². The molecule has 1 N–H and O–H groups in total. The van der Waals surface area contributed by atoms with Crippen molar-refractivity contribution >= 4 is 37.5 Å². The summed E-state index contributed by atoms with van der Waals surface area (Å²) in [6.07, 6.45) is 4.56. The van der Waals surface area contributed by atoms with E-state index in [1.165, 1.54) is 36.4 Å². The number of hydrogen-bond acceptors (Lipinski definition) is 4. The molecule has 0 unspecified atom stereocenters. The molecule has 0 heterocycles. The van der Waals surface area contributed by atoms with Gasteiger partial charge in [-0.1, -0.05) is 24.1 Å². The molecule has 0 aromatic heterocycles. The van der Waals surface area contributed by atoms with Crippen molar-refractivity contribution in [1.29, 1.82) is 0 Å². The lowest BCUT2D eigenvalue weighted by Gasteiger charge is -2.27. The number of benzene rings is 2. The lowest BCUT2D eigenvalue weighted by Crippen LogP contribution is -2.46. The second kappa shape index (κ2) is 8.82. The summed E-state index contributed by atoms with van der Waals surface area (Å²) in [6, 6.07) is 11.9. The maximum absolute atomic E-state index is 13.6.